The van der Waals surface area contributed by atoms with E-state index in [0.717, 1.165) is 100 Å². The molecule has 16 aromatic carbocycles. The van der Waals surface area contributed by atoms with Gasteiger partial charge in [0, 0.05) is 18.2 Å². The summed E-state index contributed by atoms with van der Waals surface area (Å²) in [4.78, 5) is 44.9. The molecular weight excluding hydrogens is 1630 g/mol. The van der Waals surface area contributed by atoms with Gasteiger partial charge in [0.1, 0.15) is 94.0 Å². The monoisotopic (exact) mass is 1730 g/mol. The molecule has 16 aromatic rings. The van der Waals surface area contributed by atoms with Crippen LogP contribution in [-0.2, 0) is 73.7 Å². The standard InChI is InChI=1S/C120H96O12/c121-118(130-85-106-67-112(124-79-100-55-43-94(44-56-100)37-31-88-19-7-1-8-20-88)76-113(68-106)125-80-101-57-45-95(46-58-101)38-32-89-21-9-2-10-22-89)109-73-110(119(122)131-86-107-69-114(126-81-102-59-47-96(48-60-102)39-33-90-23-11-3-12-24-90)77-115(70-107)127-82-103-61-49-97(50-62-103)40-34-91-25-13-4-14-26-91)75-111(74-109)120(123)132-87-108-71-116(128-83-104-63-51-98(52-64-104)41-35-92-27-15-5-16-28-92)78-117(72-108)129-84-105-65-53-99(54-66-105)42-36-93-29-17-6-18-30-93/h1-78H,79-87H2/b37-31+,38-32+,39-33+,40-34+,41-35+,42-36+. The maximum atomic E-state index is 15.0. The summed E-state index contributed by atoms with van der Waals surface area (Å²) < 4.78 is 57.6. The van der Waals surface area contributed by atoms with Gasteiger partial charge in [-0.25, -0.2) is 14.4 Å². The van der Waals surface area contributed by atoms with Crippen molar-refractivity contribution in [3.8, 4) is 34.5 Å². The third kappa shape index (κ3) is 27.8. The van der Waals surface area contributed by atoms with E-state index < -0.39 is 17.9 Å². The SMILES string of the molecule is O=C(OCc1cc(OCc2ccc(/C=C/c3ccccc3)cc2)cc(OCc2ccc(/C=C/c3ccccc3)cc2)c1)c1cc(C(=O)OCc2cc(OCc3ccc(/C=C/c4ccccc4)cc3)cc(OCc3ccc(/C=C/c4ccccc4)cc3)c2)cc(C(=O)OCc2cc(OCc3ccc(/C=C/c4ccccc4)cc3)cc(OCc3ccc(/C=C/c4ccccc4)cc3)c2)c1. The lowest BCUT2D eigenvalue weighted by Gasteiger charge is -2.15. The Hall–Kier alpha value is -16.8. The molecule has 0 radical (unpaired) electrons. The van der Waals surface area contributed by atoms with Crippen LogP contribution in [0, 0.1) is 0 Å². The fraction of sp³-hybridized carbons (Fsp3) is 0.0750. The molecule has 0 saturated heterocycles. The van der Waals surface area contributed by atoms with Crippen LogP contribution in [0.3, 0.4) is 0 Å². The van der Waals surface area contributed by atoms with Crippen molar-refractivity contribution in [3.05, 3.63) is 534 Å². The first kappa shape index (κ1) is 88.6. The van der Waals surface area contributed by atoms with Crippen LogP contribution in [0.1, 0.15) is 148 Å². The Balaban J connectivity index is 0.667. The van der Waals surface area contributed by atoms with E-state index >= 15 is 0 Å². The van der Waals surface area contributed by atoms with Gasteiger partial charge in [-0.15, -0.1) is 0 Å². The topological polar surface area (TPSA) is 134 Å². The van der Waals surface area contributed by atoms with Crippen molar-refractivity contribution in [2.75, 3.05) is 0 Å². The summed E-state index contributed by atoms with van der Waals surface area (Å²) in [7, 11) is 0. The minimum atomic E-state index is -0.860. The number of ether oxygens (including phenoxy) is 9. The van der Waals surface area contributed by atoms with Gasteiger partial charge in [0.2, 0.25) is 0 Å². The molecular formula is C120H96O12. The summed E-state index contributed by atoms with van der Waals surface area (Å²) in [6.45, 7) is 0.468. The van der Waals surface area contributed by atoms with Crippen LogP contribution in [0.4, 0.5) is 0 Å². The van der Waals surface area contributed by atoms with Gasteiger partial charge in [-0.1, -0.05) is 400 Å². The van der Waals surface area contributed by atoms with Crippen LogP contribution >= 0.6 is 0 Å². The van der Waals surface area contributed by atoms with E-state index in [-0.39, 0.29) is 76.2 Å². The molecule has 648 valence electrons. The normalized spacial score (nSPS) is 11.4. The second-order valence-corrected chi connectivity index (χ2v) is 31.6. The van der Waals surface area contributed by atoms with Crippen molar-refractivity contribution in [2.45, 2.75) is 59.5 Å². The quantitative estimate of drug-likeness (QED) is 0.0206. The summed E-state index contributed by atoms with van der Waals surface area (Å²) in [6.07, 6.45) is 24.8. The van der Waals surface area contributed by atoms with E-state index in [1.165, 1.54) is 18.2 Å². The molecule has 0 atom stereocenters. The maximum Gasteiger partial charge on any atom is 0.338 e. The number of esters is 3. The molecule has 0 unspecified atom stereocenters. The molecule has 0 heterocycles. The highest BCUT2D eigenvalue weighted by atomic mass is 16.5. The third-order valence-electron chi connectivity index (χ3n) is 21.5. The molecule has 0 aliphatic rings. The van der Waals surface area contributed by atoms with Crippen molar-refractivity contribution in [3.63, 3.8) is 0 Å². The summed E-state index contributed by atoms with van der Waals surface area (Å²) in [5, 5.41) is 0. The van der Waals surface area contributed by atoms with Crippen molar-refractivity contribution in [1.82, 2.24) is 0 Å². The first-order chi connectivity index (χ1) is 65.0. The van der Waals surface area contributed by atoms with Crippen LogP contribution in [0.5, 0.6) is 34.5 Å². The fourth-order valence-electron chi connectivity index (χ4n) is 14.2. The van der Waals surface area contributed by atoms with Crippen molar-refractivity contribution in [1.29, 1.82) is 0 Å². The smallest absolute Gasteiger partial charge is 0.338 e. The molecule has 0 saturated carbocycles. The van der Waals surface area contributed by atoms with Crippen LogP contribution in [0.15, 0.2) is 400 Å². The molecule has 0 spiro atoms. The second kappa shape index (κ2) is 46.1. The molecule has 0 bridgehead atoms. The highest BCUT2D eigenvalue weighted by Gasteiger charge is 2.22. The van der Waals surface area contributed by atoms with Gasteiger partial charge in [-0.3, -0.25) is 0 Å². The van der Waals surface area contributed by atoms with Gasteiger partial charge in [0.05, 0.1) is 16.7 Å². The minimum Gasteiger partial charge on any atom is -0.489 e. The average molecular weight is 1730 g/mol. The van der Waals surface area contributed by atoms with E-state index in [0.29, 0.717) is 51.2 Å². The predicted molar refractivity (Wildman–Crippen MR) is 530 cm³/mol. The Labute approximate surface area is 770 Å². The number of rotatable bonds is 39. The van der Waals surface area contributed by atoms with Gasteiger partial charge in [-0.05, 0) is 171 Å². The summed E-state index contributed by atoms with van der Waals surface area (Å²) in [5.74, 6) is 0.176. The van der Waals surface area contributed by atoms with Crippen molar-refractivity contribution in [2.24, 2.45) is 0 Å². The zero-order valence-electron chi connectivity index (χ0n) is 72.8. The van der Waals surface area contributed by atoms with Crippen LogP contribution in [0.25, 0.3) is 72.9 Å². The number of benzene rings is 16. The molecule has 0 N–H and O–H groups in total. The van der Waals surface area contributed by atoms with E-state index in [4.69, 9.17) is 42.6 Å². The highest BCUT2D eigenvalue weighted by molar-refractivity contribution is 6.00. The predicted octanol–water partition coefficient (Wildman–Crippen LogP) is 28.3. The van der Waals surface area contributed by atoms with Crippen LogP contribution in [0.2, 0.25) is 0 Å². The molecule has 0 aliphatic heterocycles. The van der Waals surface area contributed by atoms with Crippen molar-refractivity contribution >= 4 is 90.8 Å². The van der Waals surface area contributed by atoms with E-state index in [1.807, 2.05) is 255 Å². The number of carbonyl (C=O) groups is 3. The molecule has 16 rings (SSSR count). The number of hydrogen-bond acceptors (Lipinski definition) is 12. The molecule has 12 nitrogen and oxygen atoms in total. The lowest BCUT2D eigenvalue weighted by atomic mass is 10.1. The van der Waals surface area contributed by atoms with Crippen molar-refractivity contribution < 1.29 is 57.0 Å². The Kier molecular flexibility index (Phi) is 30.9. The van der Waals surface area contributed by atoms with Gasteiger partial charge < -0.3 is 42.6 Å². The Bertz CT molecular complexity index is 5650. The summed E-state index contributed by atoms with van der Waals surface area (Å²) in [6, 6.07) is 130. The minimum absolute atomic E-state index is 0.137. The van der Waals surface area contributed by atoms with E-state index in [2.05, 4.69) is 146 Å². The first-order valence-corrected chi connectivity index (χ1v) is 43.8. The largest absolute Gasteiger partial charge is 0.489 e. The lowest BCUT2D eigenvalue weighted by Crippen LogP contribution is -2.14. The molecule has 0 aromatic heterocycles. The zero-order chi connectivity index (χ0) is 89.9. The Morgan fingerprint density at radius 2 is 0.295 bits per heavy atom. The molecule has 0 fully saturated rings. The lowest BCUT2D eigenvalue weighted by molar-refractivity contribution is 0.0466. The number of hydrogen-bond donors (Lipinski definition) is 0. The second-order valence-electron chi connectivity index (χ2n) is 31.6. The third-order valence-corrected chi connectivity index (χ3v) is 21.5. The van der Waals surface area contributed by atoms with Crippen LogP contribution < -0.4 is 28.4 Å². The van der Waals surface area contributed by atoms with Gasteiger partial charge in [-0.2, -0.15) is 0 Å². The summed E-state index contributed by atoms with van der Waals surface area (Å²) >= 11 is 0. The average Bonchev–Trinajstić information content (AvgIpc) is 0.821. The van der Waals surface area contributed by atoms with E-state index in [1.54, 1.807) is 54.6 Å². The molecule has 0 aliphatic carbocycles. The molecule has 0 amide bonds. The maximum absolute atomic E-state index is 15.0. The van der Waals surface area contributed by atoms with Gasteiger partial charge >= 0.3 is 17.9 Å². The highest BCUT2D eigenvalue weighted by Crippen LogP contribution is 2.32. The Morgan fingerprint density at radius 3 is 0.447 bits per heavy atom. The zero-order valence-corrected chi connectivity index (χ0v) is 72.8. The Morgan fingerprint density at radius 1 is 0.152 bits per heavy atom. The number of carbonyl (C=O) groups excluding carboxylic acids is 3. The van der Waals surface area contributed by atoms with Gasteiger partial charge in [0.25, 0.3) is 0 Å². The first-order valence-electron chi connectivity index (χ1n) is 43.8. The molecule has 132 heavy (non-hydrogen) atoms. The summed E-state index contributed by atoms with van der Waals surface area (Å²) in [5.41, 5.74) is 19.5. The van der Waals surface area contributed by atoms with E-state index in [9.17, 15) is 14.4 Å². The fourth-order valence-corrected chi connectivity index (χ4v) is 14.2. The van der Waals surface area contributed by atoms with Crippen LogP contribution in [-0.4, -0.2) is 17.9 Å². The molecule has 12 heteroatoms. The van der Waals surface area contributed by atoms with Gasteiger partial charge in [0.15, 0.2) is 0 Å².